The zero-order valence-electron chi connectivity index (χ0n) is 8.33. The second-order valence-corrected chi connectivity index (χ2v) is 3.43. The molecule has 6 heteroatoms. The summed E-state index contributed by atoms with van der Waals surface area (Å²) in [5.41, 5.74) is 5.80. The minimum Gasteiger partial charge on any atom is -0.330 e. The third kappa shape index (κ3) is 1.88. The molecule has 16 heavy (non-hydrogen) atoms. The molecule has 0 bridgehead atoms. The van der Waals surface area contributed by atoms with Gasteiger partial charge >= 0.3 is 6.18 Å². The van der Waals surface area contributed by atoms with Gasteiger partial charge in [0, 0.05) is 24.5 Å². The summed E-state index contributed by atoms with van der Waals surface area (Å²) in [6, 6.07) is 2.06. The highest BCUT2D eigenvalue weighted by molar-refractivity contribution is 5.44. The SMILES string of the molecule is NCCc1cnc2cc(C(F)(F)F)ccn12. The Labute approximate surface area is 89.7 Å². The van der Waals surface area contributed by atoms with Crippen LogP contribution in [0.25, 0.3) is 5.65 Å². The standard InChI is InChI=1S/C10H10F3N3/c11-10(12,13)7-2-4-16-8(1-3-14)6-15-9(16)5-7/h2,4-6H,1,3,14H2. The molecule has 0 saturated carbocycles. The first kappa shape index (κ1) is 10.9. The summed E-state index contributed by atoms with van der Waals surface area (Å²) in [4.78, 5) is 3.92. The van der Waals surface area contributed by atoms with Crippen LogP contribution < -0.4 is 5.73 Å². The van der Waals surface area contributed by atoms with Crippen LogP contribution in [0.3, 0.4) is 0 Å². The van der Waals surface area contributed by atoms with Crippen molar-refractivity contribution in [3.05, 3.63) is 35.8 Å². The second-order valence-electron chi connectivity index (χ2n) is 3.43. The van der Waals surface area contributed by atoms with E-state index >= 15 is 0 Å². The molecule has 2 rings (SSSR count). The van der Waals surface area contributed by atoms with Crippen molar-refractivity contribution in [2.75, 3.05) is 6.54 Å². The van der Waals surface area contributed by atoms with Crippen molar-refractivity contribution < 1.29 is 13.2 Å². The Morgan fingerprint density at radius 1 is 1.38 bits per heavy atom. The van der Waals surface area contributed by atoms with Crippen LogP contribution in [0.4, 0.5) is 13.2 Å². The Bertz CT molecular complexity index is 501. The fourth-order valence-corrected chi connectivity index (χ4v) is 1.54. The van der Waals surface area contributed by atoms with Crippen molar-refractivity contribution in [2.24, 2.45) is 5.73 Å². The molecule has 0 radical (unpaired) electrons. The predicted octanol–water partition coefficient (Wildman–Crippen LogP) is 1.85. The maximum Gasteiger partial charge on any atom is 0.416 e. The summed E-state index contributed by atoms with van der Waals surface area (Å²) in [7, 11) is 0. The van der Waals surface area contributed by atoms with Gasteiger partial charge < -0.3 is 10.1 Å². The van der Waals surface area contributed by atoms with E-state index in [9.17, 15) is 13.2 Å². The van der Waals surface area contributed by atoms with Crippen LogP contribution in [-0.2, 0) is 12.6 Å². The van der Waals surface area contributed by atoms with Crippen molar-refractivity contribution >= 4 is 5.65 Å². The van der Waals surface area contributed by atoms with E-state index in [1.54, 1.807) is 10.6 Å². The van der Waals surface area contributed by atoms with Crippen LogP contribution in [0, 0.1) is 0 Å². The molecule has 0 amide bonds. The summed E-state index contributed by atoms with van der Waals surface area (Å²) < 4.78 is 38.9. The van der Waals surface area contributed by atoms with Gasteiger partial charge in [-0.1, -0.05) is 0 Å². The van der Waals surface area contributed by atoms with E-state index in [0.717, 1.165) is 17.8 Å². The van der Waals surface area contributed by atoms with E-state index < -0.39 is 11.7 Å². The first-order valence-corrected chi connectivity index (χ1v) is 4.75. The molecule has 0 spiro atoms. The minimum absolute atomic E-state index is 0.290. The van der Waals surface area contributed by atoms with E-state index in [1.807, 2.05) is 0 Å². The largest absolute Gasteiger partial charge is 0.416 e. The molecule has 2 N–H and O–H groups in total. The molecule has 0 aliphatic carbocycles. The quantitative estimate of drug-likeness (QED) is 0.854. The molecule has 0 unspecified atom stereocenters. The van der Waals surface area contributed by atoms with Gasteiger partial charge in [-0.15, -0.1) is 0 Å². The van der Waals surface area contributed by atoms with E-state index in [4.69, 9.17) is 5.73 Å². The average Bonchev–Trinajstić information content (AvgIpc) is 2.60. The molecule has 3 nitrogen and oxygen atoms in total. The number of nitrogens with zero attached hydrogens (tertiary/aromatic N) is 2. The van der Waals surface area contributed by atoms with Gasteiger partial charge in [-0.05, 0) is 18.7 Å². The number of nitrogens with two attached hydrogens (primary N) is 1. The fraction of sp³-hybridized carbons (Fsp3) is 0.300. The molecule has 0 aromatic carbocycles. The number of pyridine rings is 1. The normalized spacial score (nSPS) is 12.2. The van der Waals surface area contributed by atoms with Gasteiger partial charge in [0.15, 0.2) is 0 Å². The van der Waals surface area contributed by atoms with Crippen molar-refractivity contribution in [1.29, 1.82) is 0 Å². The Kier molecular flexibility index (Phi) is 2.59. The van der Waals surface area contributed by atoms with Crippen molar-refractivity contribution in [2.45, 2.75) is 12.6 Å². The van der Waals surface area contributed by atoms with Crippen molar-refractivity contribution in [1.82, 2.24) is 9.38 Å². The van der Waals surface area contributed by atoms with Gasteiger partial charge in [0.25, 0.3) is 0 Å². The van der Waals surface area contributed by atoms with Crippen LogP contribution in [0.1, 0.15) is 11.3 Å². The Balaban J connectivity index is 2.49. The molecule has 0 saturated heterocycles. The summed E-state index contributed by atoms with van der Waals surface area (Å²) >= 11 is 0. The van der Waals surface area contributed by atoms with Gasteiger partial charge in [0.05, 0.1) is 5.56 Å². The lowest BCUT2D eigenvalue weighted by atomic mass is 10.2. The molecular weight excluding hydrogens is 219 g/mol. The molecule has 0 atom stereocenters. The molecule has 0 aliphatic rings. The fourth-order valence-electron chi connectivity index (χ4n) is 1.54. The number of aromatic nitrogens is 2. The highest BCUT2D eigenvalue weighted by Crippen LogP contribution is 2.29. The van der Waals surface area contributed by atoms with Crippen molar-refractivity contribution in [3.63, 3.8) is 0 Å². The van der Waals surface area contributed by atoms with Gasteiger partial charge in [-0.25, -0.2) is 4.98 Å². The third-order valence-corrected chi connectivity index (χ3v) is 2.32. The van der Waals surface area contributed by atoms with Crippen LogP contribution in [0.15, 0.2) is 24.5 Å². The lowest BCUT2D eigenvalue weighted by Gasteiger charge is -2.07. The number of hydrogen-bond donors (Lipinski definition) is 1. The average molecular weight is 229 g/mol. The lowest BCUT2D eigenvalue weighted by molar-refractivity contribution is -0.137. The third-order valence-electron chi connectivity index (χ3n) is 2.32. The second kappa shape index (κ2) is 3.79. The van der Waals surface area contributed by atoms with E-state index in [2.05, 4.69) is 4.98 Å². The molecule has 0 fully saturated rings. The number of alkyl halides is 3. The van der Waals surface area contributed by atoms with Crippen LogP contribution >= 0.6 is 0 Å². The highest BCUT2D eigenvalue weighted by Gasteiger charge is 2.30. The molecule has 2 aromatic rings. The van der Waals surface area contributed by atoms with Gasteiger partial charge in [-0.3, -0.25) is 0 Å². The molecule has 2 heterocycles. The van der Waals surface area contributed by atoms with Crippen LogP contribution in [0.2, 0.25) is 0 Å². The molecule has 2 aromatic heterocycles. The highest BCUT2D eigenvalue weighted by atomic mass is 19.4. The van der Waals surface area contributed by atoms with E-state index in [0.29, 0.717) is 18.6 Å². The number of hydrogen-bond acceptors (Lipinski definition) is 2. The maximum absolute atomic E-state index is 12.4. The monoisotopic (exact) mass is 229 g/mol. The Morgan fingerprint density at radius 3 is 2.75 bits per heavy atom. The zero-order valence-corrected chi connectivity index (χ0v) is 8.33. The van der Waals surface area contributed by atoms with Crippen molar-refractivity contribution in [3.8, 4) is 0 Å². The maximum atomic E-state index is 12.4. The summed E-state index contributed by atoms with van der Waals surface area (Å²) in [6.07, 6.45) is -0.827. The number of fused-ring (bicyclic) bond motifs is 1. The number of rotatable bonds is 2. The van der Waals surface area contributed by atoms with E-state index in [-0.39, 0.29) is 0 Å². The van der Waals surface area contributed by atoms with Crippen LogP contribution in [-0.4, -0.2) is 15.9 Å². The summed E-state index contributed by atoms with van der Waals surface area (Å²) in [5, 5.41) is 0. The summed E-state index contributed by atoms with van der Waals surface area (Å²) in [5.74, 6) is 0. The predicted molar refractivity (Wildman–Crippen MR) is 53.0 cm³/mol. The van der Waals surface area contributed by atoms with Gasteiger partial charge in [0.1, 0.15) is 5.65 Å². The Morgan fingerprint density at radius 2 is 2.12 bits per heavy atom. The number of imidazole rings is 1. The Hall–Kier alpha value is -1.56. The smallest absolute Gasteiger partial charge is 0.330 e. The van der Waals surface area contributed by atoms with Gasteiger partial charge in [0.2, 0.25) is 0 Å². The molecular formula is C10H10F3N3. The van der Waals surface area contributed by atoms with Crippen LogP contribution in [0.5, 0.6) is 0 Å². The topological polar surface area (TPSA) is 43.3 Å². The molecule has 86 valence electrons. The summed E-state index contributed by atoms with van der Waals surface area (Å²) in [6.45, 7) is 0.439. The minimum atomic E-state index is -4.33. The van der Waals surface area contributed by atoms with E-state index in [1.165, 1.54) is 6.20 Å². The zero-order chi connectivity index (χ0) is 11.8. The first-order valence-electron chi connectivity index (χ1n) is 4.75. The van der Waals surface area contributed by atoms with Gasteiger partial charge in [-0.2, -0.15) is 13.2 Å². The first-order chi connectivity index (χ1) is 7.52. The lowest BCUT2D eigenvalue weighted by Crippen LogP contribution is -2.07. The molecule has 0 aliphatic heterocycles. The number of halogens is 3.